The van der Waals surface area contributed by atoms with Crippen LogP contribution in [0.4, 0.5) is 10.2 Å². The zero-order chi connectivity index (χ0) is 18.0. The van der Waals surface area contributed by atoms with E-state index in [0.29, 0.717) is 11.3 Å². The predicted molar refractivity (Wildman–Crippen MR) is 96.6 cm³/mol. The molecule has 4 nitrogen and oxygen atoms in total. The third-order valence-electron chi connectivity index (χ3n) is 3.54. The van der Waals surface area contributed by atoms with Crippen LogP contribution in [-0.2, 0) is 10.0 Å². The Bertz CT molecular complexity index is 1020. The third-order valence-corrected chi connectivity index (χ3v) is 5.21. The highest BCUT2D eigenvalue weighted by Gasteiger charge is 2.15. The maximum atomic E-state index is 13.2. The molecule has 25 heavy (non-hydrogen) atoms. The molecule has 3 aromatic rings. The van der Waals surface area contributed by atoms with Gasteiger partial charge in [0.25, 0.3) is 10.0 Å². The van der Waals surface area contributed by atoms with Gasteiger partial charge < -0.3 is 0 Å². The van der Waals surface area contributed by atoms with Gasteiger partial charge >= 0.3 is 0 Å². The molecule has 2 aromatic carbocycles. The summed E-state index contributed by atoms with van der Waals surface area (Å²) in [6, 6.07) is 15.7. The van der Waals surface area contributed by atoms with Gasteiger partial charge in [-0.15, -0.1) is 0 Å². The predicted octanol–water partition coefficient (Wildman–Crippen LogP) is 4.65. The average molecular weight is 377 g/mol. The molecule has 0 radical (unpaired) electrons. The molecule has 1 N–H and O–H groups in total. The van der Waals surface area contributed by atoms with E-state index in [2.05, 4.69) is 9.71 Å². The number of aromatic nitrogens is 1. The number of benzene rings is 2. The monoisotopic (exact) mass is 376 g/mol. The molecular weight excluding hydrogens is 363 g/mol. The second-order valence-corrected chi connectivity index (χ2v) is 7.51. The molecule has 0 aliphatic heterocycles. The van der Waals surface area contributed by atoms with Crippen LogP contribution < -0.4 is 4.72 Å². The van der Waals surface area contributed by atoms with Gasteiger partial charge in [-0.1, -0.05) is 35.9 Å². The van der Waals surface area contributed by atoms with E-state index in [1.807, 2.05) is 0 Å². The summed E-state index contributed by atoms with van der Waals surface area (Å²) >= 11 is 5.78. The Morgan fingerprint density at radius 3 is 2.32 bits per heavy atom. The zero-order valence-corrected chi connectivity index (χ0v) is 14.8. The van der Waals surface area contributed by atoms with E-state index in [1.54, 1.807) is 43.3 Å². The molecule has 3 rings (SSSR count). The highest BCUT2D eigenvalue weighted by molar-refractivity contribution is 7.92. The van der Waals surface area contributed by atoms with Crippen LogP contribution in [0, 0.1) is 12.7 Å². The van der Waals surface area contributed by atoms with Crippen LogP contribution in [0.3, 0.4) is 0 Å². The lowest BCUT2D eigenvalue weighted by Crippen LogP contribution is -2.14. The van der Waals surface area contributed by atoms with E-state index in [-0.39, 0.29) is 15.7 Å². The fourth-order valence-corrected chi connectivity index (χ4v) is 3.48. The van der Waals surface area contributed by atoms with E-state index in [9.17, 15) is 12.8 Å². The standard InChI is InChI=1S/C18H14ClFN2O2S/c1-12-3-2-4-18(21-12)22-25(23,24)15-8-5-13(6-9-15)14-7-10-17(20)16(19)11-14/h2-11H,1H3,(H,21,22). The molecule has 0 saturated heterocycles. The van der Waals surface area contributed by atoms with Crippen LogP contribution in [0.5, 0.6) is 0 Å². The number of pyridine rings is 1. The number of halogens is 2. The Balaban J connectivity index is 1.87. The topological polar surface area (TPSA) is 59.1 Å². The molecule has 0 atom stereocenters. The highest BCUT2D eigenvalue weighted by atomic mass is 35.5. The summed E-state index contributed by atoms with van der Waals surface area (Å²) in [6.07, 6.45) is 0. The van der Waals surface area contributed by atoms with Gasteiger partial charge in [0.05, 0.1) is 9.92 Å². The van der Waals surface area contributed by atoms with Crippen molar-refractivity contribution in [2.45, 2.75) is 11.8 Å². The summed E-state index contributed by atoms with van der Waals surface area (Å²) in [5.41, 5.74) is 2.14. The molecule has 0 saturated carbocycles. The molecule has 7 heteroatoms. The van der Waals surface area contributed by atoms with Gasteiger partial charge in [0, 0.05) is 5.69 Å². The molecule has 0 amide bonds. The van der Waals surface area contributed by atoms with E-state index in [0.717, 1.165) is 5.56 Å². The van der Waals surface area contributed by atoms with Crippen molar-refractivity contribution in [2.75, 3.05) is 4.72 Å². The SMILES string of the molecule is Cc1cccc(NS(=O)(=O)c2ccc(-c3ccc(F)c(Cl)c3)cc2)n1. The molecule has 0 spiro atoms. The van der Waals surface area contributed by atoms with Crippen molar-refractivity contribution >= 4 is 27.4 Å². The Kier molecular flexibility index (Phi) is 4.74. The number of hydrogen-bond acceptors (Lipinski definition) is 3. The van der Waals surface area contributed by atoms with Crippen LogP contribution in [0.1, 0.15) is 5.69 Å². The Labute approximate surface area is 150 Å². The van der Waals surface area contributed by atoms with Crippen molar-refractivity contribution in [3.63, 3.8) is 0 Å². The van der Waals surface area contributed by atoms with E-state index in [4.69, 9.17) is 11.6 Å². The quantitative estimate of drug-likeness (QED) is 0.721. The van der Waals surface area contributed by atoms with E-state index in [1.165, 1.54) is 24.3 Å². The van der Waals surface area contributed by atoms with Crippen molar-refractivity contribution in [3.8, 4) is 11.1 Å². The number of nitrogens with zero attached hydrogens (tertiary/aromatic N) is 1. The summed E-state index contributed by atoms with van der Waals surface area (Å²) in [5, 5.41) is 0.0152. The van der Waals surface area contributed by atoms with Crippen molar-refractivity contribution < 1.29 is 12.8 Å². The molecule has 0 unspecified atom stereocenters. The van der Waals surface area contributed by atoms with Crippen LogP contribution in [0.25, 0.3) is 11.1 Å². The Morgan fingerprint density at radius 1 is 1.00 bits per heavy atom. The molecule has 0 fully saturated rings. The number of nitrogens with one attached hydrogen (secondary N) is 1. The van der Waals surface area contributed by atoms with Gasteiger partial charge in [0.15, 0.2) is 0 Å². The fraction of sp³-hybridized carbons (Fsp3) is 0.0556. The number of hydrogen-bond donors (Lipinski definition) is 1. The molecule has 128 valence electrons. The fourth-order valence-electron chi connectivity index (χ4n) is 2.30. The number of aryl methyl sites for hydroxylation is 1. The van der Waals surface area contributed by atoms with Gasteiger partial charge in [0.1, 0.15) is 11.6 Å². The first-order chi connectivity index (χ1) is 11.8. The van der Waals surface area contributed by atoms with Gasteiger partial charge in [-0.3, -0.25) is 4.72 Å². The average Bonchev–Trinajstić information content (AvgIpc) is 2.57. The van der Waals surface area contributed by atoms with Crippen LogP contribution in [0.2, 0.25) is 5.02 Å². The summed E-state index contributed by atoms with van der Waals surface area (Å²) in [4.78, 5) is 4.23. The Hall–Kier alpha value is -2.44. The van der Waals surface area contributed by atoms with Gasteiger partial charge in [-0.25, -0.2) is 17.8 Å². The minimum absolute atomic E-state index is 0.0152. The second-order valence-electron chi connectivity index (χ2n) is 5.42. The van der Waals surface area contributed by atoms with Crippen molar-refractivity contribution in [1.82, 2.24) is 4.98 Å². The second kappa shape index (κ2) is 6.82. The lowest BCUT2D eigenvalue weighted by molar-refractivity contribution is 0.601. The summed E-state index contributed by atoms with van der Waals surface area (Å²) in [6.45, 7) is 1.78. The van der Waals surface area contributed by atoms with Gasteiger partial charge in [-0.2, -0.15) is 0 Å². The third kappa shape index (κ3) is 3.97. The summed E-state index contributed by atoms with van der Waals surface area (Å²) in [7, 11) is -3.74. The molecule has 1 heterocycles. The minimum atomic E-state index is -3.74. The zero-order valence-electron chi connectivity index (χ0n) is 13.2. The molecular formula is C18H14ClFN2O2S. The molecule has 1 aromatic heterocycles. The van der Waals surface area contributed by atoms with E-state index >= 15 is 0 Å². The Morgan fingerprint density at radius 2 is 1.68 bits per heavy atom. The smallest absolute Gasteiger partial charge is 0.263 e. The minimum Gasteiger partial charge on any atom is -0.263 e. The molecule has 0 bridgehead atoms. The lowest BCUT2D eigenvalue weighted by atomic mass is 10.1. The normalized spacial score (nSPS) is 11.3. The van der Waals surface area contributed by atoms with Crippen molar-refractivity contribution in [3.05, 3.63) is 77.2 Å². The van der Waals surface area contributed by atoms with E-state index < -0.39 is 15.8 Å². The van der Waals surface area contributed by atoms with Crippen molar-refractivity contribution in [1.29, 1.82) is 0 Å². The first-order valence-electron chi connectivity index (χ1n) is 7.37. The summed E-state index contributed by atoms with van der Waals surface area (Å²) < 4.78 is 40.6. The number of sulfonamides is 1. The summed E-state index contributed by atoms with van der Waals surface area (Å²) in [5.74, 6) is -0.242. The van der Waals surface area contributed by atoms with Crippen LogP contribution >= 0.6 is 11.6 Å². The van der Waals surface area contributed by atoms with Crippen LogP contribution in [0.15, 0.2) is 65.6 Å². The number of anilines is 1. The maximum absolute atomic E-state index is 13.2. The van der Waals surface area contributed by atoms with Gasteiger partial charge in [-0.05, 0) is 54.4 Å². The van der Waals surface area contributed by atoms with Crippen molar-refractivity contribution in [2.24, 2.45) is 0 Å². The lowest BCUT2D eigenvalue weighted by Gasteiger charge is -2.09. The maximum Gasteiger partial charge on any atom is 0.263 e. The largest absolute Gasteiger partial charge is 0.263 e. The molecule has 0 aliphatic carbocycles. The van der Waals surface area contributed by atoms with Gasteiger partial charge in [0.2, 0.25) is 0 Å². The number of rotatable bonds is 4. The first kappa shape index (κ1) is 17.4. The first-order valence-corrected chi connectivity index (χ1v) is 9.23. The highest BCUT2D eigenvalue weighted by Crippen LogP contribution is 2.26. The molecule has 0 aliphatic rings. The van der Waals surface area contributed by atoms with Crippen LogP contribution in [-0.4, -0.2) is 13.4 Å².